The Hall–Kier alpha value is -1.09. The molecule has 3 heteroatoms. The van der Waals surface area contributed by atoms with Crippen molar-refractivity contribution in [3.63, 3.8) is 0 Å². The molecule has 0 saturated carbocycles. The Balaban J connectivity index is 2.52. The molecule has 0 unspecified atom stereocenters. The van der Waals surface area contributed by atoms with Gasteiger partial charge in [-0.1, -0.05) is 28.9 Å². The van der Waals surface area contributed by atoms with E-state index in [1.165, 1.54) is 22.4 Å². The number of hydrogen-bond donors (Lipinski definition) is 0. The lowest BCUT2D eigenvalue weighted by Crippen LogP contribution is -2.00. The van der Waals surface area contributed by atoms with Crippen LogP contribution in [0.1, 0.15) is 35.0 Å². The maximum absolute atomic E-state index is 4.65. The van der Waals surface area contributed by atoms with Gasteiger partial charge in [0.1, 0.15) is 0 Å². The maximum atomic E-state index is 4.65. The molecule has 0 atom stereocenters. The maximum Gasteiger partial charge on any atom is 0.0651 e. The second-order valence-electron chi connectivity index (χ2n) is 4.66. The number of aryl methyl sites for hydroxylation is 2. The molecule has 0 aliphatic rings. The SMILES string of the molecule is CCc1c(C)nn(-c2ccc(CBr)c(C)c2)c1C. The largest absolute Gasteiger partial charge is 0.238 e. The molecular weight excluding hydrogens is 288 g/mol. The van der Waals surface area contributed by atoms with Gasteiger partial charge in [-0.15, -0.1) is 0 Å². The summed E-state index contributed by atoms with van der Waals surface area (Å²) in [5.74, 6) is 0. The molecule has 2 rings (SSSR count). The molecule has 0 radical (unpaired) electrons. The monoisotopic (exact) mass is 306 g/mol. The molecule has 0 aliphatic heterocycles. The normalized spacial score (nSPS) is 10.9. The lowest BCUT2D eigenvalue weighted by atomic mass is 10.1. The standard InChI is InChI=1S/C15H19BrN2/c1-5-15-11(3)17-18(12(15)4)14-7-6-13(9-16)10(2)8-14/h6-8H,5,9H2,1-4H3. The number of benzene rings is 1. The Bertz CT molecular complexity index is 570. The first-order chi connectivity index (χ1) is 8.58. The van der Waals surface area contributed by atoms with Crippen LogP contribution in [0.15, 0.2) is 18.2 Å². The third-order valence-electron chi connectivity index (χ3n) is 3.51. The lowest BCUT2D eigenvalue weighted by Gasteiger charge is -2.08. The van der Waals surface area contributed by atoms with Gasteiger partial charge in [-0.3, -0.25) is 0 Å². The van der Waals surface area contributed by atoms with Crippen LogP contribution in [0.3, 0.4) is 0 Å². The summed E-state index contributed by atoms with van der Waals surface area (Å²) < 4.78 is 2.05. The Kier molecular flexibility index (Phi) is 3.91. The predicted molar refractivity (Wildman–Crippen MR) is 79.8 cm³/mol. The fourth-order valence-corrected chi connectivity index (χ4v) is 3.03. The highest BCUT2D eigenvalue weighted by Gasteiger charge is 2.11. The molecule has 2 nitrogen and oxygen atoms in total. The summed E-state index contributed by atoms with van der Waals surface area (Å²) >= 11 is 3.51. The van der Waals surface area contributed by atoms with Crippen molar-refractivity contribution in [1.82, 2.24) is 9.78 Å². The summed E-state index contributed by atoms with van der Waals surface area (Å²) in [5, 5.41) is 5.55. The van der Waals surface area contributed by atoms with E-state index in [4.69, 9.17) is 0 Å². The second kappa shape index (κ2) is 5.27. The van der Waals surface area contributed by atoms with E-state index in [-0.39, 0.29) is 0 Å². The van der Waals surface area contributed by atoms with Crippen LogP contribution in [0, 0.1) is 20.8 Å². The summed E-state index contributed by atoms with van der Waals surface area (Å²) in [5.41, 5.74) is 7.53. The van der Waals surface area contributed by atoms with Crippen molar-refractivity contribution in [2.45, 2.75) is 39.4 Å². The van der Waals surface area contributed by atoms with Crippen molar-refractivity contribution in [2.75, 3.05) is 0 Å². The van der Waals surface area contributed by atoms with E-state index in [2.05, 4.69) is 71.6 Å². The summed E-state index contributed by atoms with van der Waals surface area (Å²) in [7, 11) is 0. The summed E-state index contributed by atoms with van der Waals surface area (Å²) in [6.45, 7) is 8.56. The summed E-state index contributed by atoms with van der Waals surface area (Å²) in [6.07, 6.45) is 1.04. The minimum Gasteiger partial charge on any atom is -0.238 e. The number of alkyl halides is 1. The van der Waals surface area contributed by atoms with Crippen molar-refractivity contribution in [3.05, 3.63) is 46.3 Å². The molecule has 0 N–H and O–H groups in total. The van der Waals surface area contributed by atoms with Crippen molar-refractivity contribution in [1.29, 1.82) is 0 Å². The molecule has 96 valence electrons. The highest BCUT2D eigenvalue weighted by molar-refractivity contribution is 9.08. The van der Waals surface area contributed by atoms with Crippen molar-refractivity contribution in [3.8, 4) is 5.69 Å². The Morgan fingerprint density at radius 2 is 1.94 bits per heavy atom. The molecule has 1 aromatic heterocycles. The topological polar surface area (TPSA) is 17.8 Å². The van der Waals surface area contributed by atoms with E-state index in [9.17, 15) is 0 Å². The van der Waals surface area contributed by atoms with E-state index >= 15 is 0 Å². The molecule has 1 heterocycles. The Labute approximate surface area is 117 Å². The molecule has 2 aromatic rings. The molecule has 0 aliphatic carbocycles. The third-order valence-corrected chi connectivity index (χ3v) is 4.11. The average Bonchev–Trinajstić information content (AvgIpc) is 2.64. The third kappa shape index (κ3) is 2.24. The van der Waals surface area contributed by atoms with E-state index in [1.807, 2.05) is 0 Å². The van der Waals surface area contributed by atoms with Crippen LogP contribution in [0.2, 0.25) is 0 Å². The number of rotatable bonds is 3. The van der Waals surface area contributed by atoms with Gasteiger partial charge < -0.3 is 0 Å². The zero-order valence-electron chi connectivity index (χ0n) is 11.4. The minimum atomic E-state index is 0.899. The predicted octanol–water partition coefficient (Wildman–Crippen LogP) is 4.25. The van der Waals surface area contributed by atoms with E-state index in [1.54, 1.807) is 0 Å². The molecule has 0 spiro atoms. The van der Waals surface area contributed by atoms with Gasteiger partial charge in [-0.2, -0.15) is 5.10 Å². The molecule has 0 saturated heterocycles. The summed E-state index contributed by atoms with van der Waals surface area (Å²) in [4.78, 5) is 0. The Morgan fingerprint density at radius 1 is 1.22 bits per heavy atom. The number of aromatic nitrogens is 2. The second-order valence-corrected chi connectivity index (χ2v) is 5.22. The van der Waals surface area contributed by atoms with Gasteiger partial charge in [0, 0.05) is 11.0 Å². The van der Waals surface area contributed by atoms with E-state index in [0.717, 1.165) is 23.1 Å². The number of nitrogens with zero attached hydrogens (tertiary/aromatic N) is 2. The number of hydrogen-bond acceptors (Lipinski definition) is 1. The molecule has 1 aromatic carbocycles. The molecular formula is C15H19BrN2. The van der Waals surface area contributed by atoms with Crippen LogP contribution in [0.4, 0.5) is 0 Å². The first-order valence-electron chi connectivity index (χ1n) is 6.29. The van der Waals surface area contributed by atoms with Gasteiger partial charge in [0.2, 0.25) is 0 Å². The van der Waals surface area contributed by atoms with Crippen LogP contribution in [0.25, 0.3) is 5.69 Å². The average molecular weight is 307 g/mol. The van der Waals surface area contributed by atoms with Gasteiger partial charge >= 0.3 is 0 Å². The highest BCUT2D eigenvalue weighted by Crippen LogP contribution is 2.21. The smallest absolute Gasteiger partial charge is 0.0651 e. The summed E-state index contributed by atoms with van der Waals surface area (Å²) in [6, 6.07) is 6.51. The first-order valence-corrected chi connectivity index (χ1v) is 7.41. The van der Waals surface area contributed by atoms with E-state index in [0.29, 0.717) is 0 Å². The molecule has 0 bridgehead atoms. The van der Waals surface area contributed by atoms with Crippen LogP contribution < -0.4 is 0 Å². The zero-order chi connectivity index (χ0) is 13.3. The van der Waals surface area contributed by atoms with Crippen molar-refractivity contribution >= 4 is 15.9 Å². The van der Waals surface area contributed by atoms with Crippen LogP contribution in [-0.2, 0) is 11.8 Å². The van der Waals surface area contributed by atoms with Crippen LogP contribution in [-0.4, -0.2) is 9.78 Å². The van der Waals surface area contributed by atoms with Gasteiger partial charge in [0.15, 0.2) is 0 Å². The zero-order valence-corrected chi connectivity index (χ0v) is 13.0. The van der Waals surface area contributed by atoms with Crippen LogP contribution >= 0.6 is 15.9 Å². The van der Waals surface area contributed by atoms with Gasteiger partial charge in [0.25, 0.3) is 0 Å². The molecule has 0 amide bonds. The molecule has 18 heavy (non-hydrogen) atoms. The number of halogens is 1. The quantitative estimate of drug-likeness (QED) is 0.775. The van der Waals surface area contributed by atoms with Gasteiger partial charge in [-0.05, 0) is 56.0 Å². The fourth-order valence-electron chi connectivity index (χ4n) is 2.40. The minimum absolute atomic E-state index is 0.899. The first kappa shape index (κ1) is 13.3. The lowest BCUT2D eigenvalue weighted by molar-refractivity contribution is 0.831. The highest BCUT2D eigenvalue weighted by atomic mass is 79.9. The Morgan fingerprint density at radius 3 is 2.44 bits per heavy atom. The fraction of sp³-hybridized carbons (Fsp3) is 0.400. The molecule has 0 fully saturated rings. The van der Waals surface area contributed by atoms with Gasteiger partial charge in [0.05, 0.1) is 11.4 Å². The van der Waals surface area contributed by atoms with Crippen molar-refractivity contribution in [2.24, 2.45) is 0 Å². The van der Waals surface area contributed by atoms with Crippen molar-refractivity contribution < 1.29 is 0 Å². The van der Waals surface area contributed by atoms with E-state index < -0.39 is 0 Å². The van der Waals surface area contributed by atoms with Gasteiger partial charge in [-0.25, -0.2) is 4.68 Å². The van der Waals surface area contributed by atoms with Crippen LogP contribution in [0.5, 0.6) is 0 Å².